The Morgan fingerprint density at radius 3 is 2.53 bits per heavy atom. The monoisotopic (exact) mass is 201 g/mol. The number of fused-ring (bicyclic) bond motifs is 1. The highest BCUT2D eigenvalue weighted by molar-refractivity contribution is 6.07. The summed E-state index contributed by atoms with van der Waals surface area (Å²) >= 11 is 0. The summed E-state index contributed by atoms with van der Waals surface area (Å²) in [6, 6.07) is 4.11. The number of benzene rings is 1. The van der Waals surface area contributed by atoms with Gasteiger partial charge in [0.25, 0.3) is 0 Å². The number of hydrogen-bond donors (Lipinski definition) is 0. The average Bonchev–Trinajstić information content (AvgIpc) is 2.50. The van der Waals surface area contributed by atoms with Crippen LogP contribution in [0.15, 0.2) is 18.3 Å². The van der Waals surface area contributed by atoms with Crippen LogP contribution < -0.4 is 0 Å². The molecule has 0 aliphatic heterocycles. The molecule has 1 aromatic carbocycles. The lowest BCUT2D eigenvalue weighted by Crippen LogP contribution is -1.89. The first-order valence-electron chi connectivity index (χ1n) is 5.08. The number of nitrogens with zero attached hydrogens (tertiary/aromatic N) is 1. The van der Waals surface area contributed by atoms with Gasteiger partial charge in [0.15, 0.2) is 5.78 Å². The Balaban J connectivity index is 2.92. The third kappa shape index (κ3) is 1.37. The van der Waals surface area contributed by atoms with Crippen LogP contribution in [0.3, 0.4) is 0 Å². The molecule has 2 aromatic rings. The van der Waals surface area contributed by atoms with Gasteiger partial charge in [-0.05, 0) is 31.9 Å². The molecular weight excluding hydrogens is 186 g/mol. The molecule has 0 bridgehead atoms. The smallest absolute Gasteiger partial charge is 0.161 e. The van der Waals surface area contributed by atoms with Crippen molar-refractivity contribution < 1.29 is 4.79 Å². The summed E-state index contributed by atoms with van der Waals surface area (Å²) in [4.78, 5) is 11.5. The number of ketones is 1. The molecule has 0 saturated heterocycles. The van der Waals surface area contributed by atoms with E-state index in [4.69, 9.17) is 0 Å². The SMILES string of the molecule is CC(=O)c1cn(C)c2c(C)c(C)ccc12. The van der Waals surface area contributed by atoms with Gasteiger partial charge < -0.3 is 4.57 Å². The summed E-state index contributed by atoms with van der Waals surface area (Å²) in [6.45, 7) is 5.81. The predicted octanol–water partition coefficient (Wildman–Crippen LogP) is 3.00. The van der Waals surface area contributed by atoms with Crippen molar-refractivity contribution in [1.82, 2.24) is 4.57 Å². The summed E-state index contributed by atoms with van der Waals surface area (Å²) in [5.74, 6) is 0.129. The summed E-state index contributed by atoms with van der Waals surface area (Å²) in [5.41, 5.74) is 4.50. The van der Waals surface area contributed by atoms with Crippen molar-refractivity contribution in [1.29, 1.82) is 0 Å². The van der Waals surface area contributed by atoms with Gasteiger partial charge in [-0.1, -0.05) is 12.1 Å². The van der Waals surface area contributed by atoms with E-state index in [2.05, 4.69) is 19.9 Å². The molecule has 0 spiro atoms. The molecule has 78 valence electrons. The molecule has 0 fully saturated rings. The van der Waals surface area contributed by atoms with E-state index in [0.29, 0.717) is 0 Å². The van der Waals surface area contributed by atoms with Crippen LogP contribution >= 0.6 is 0 Å². The first-order chi connectivity index (χ1) is 7.02. The van der Waals surface area contributed by atoms with E-state index in [0.717, 1.165) is 10.9 Å². The lowest BCUT2D eigenvalue weighted by Gasteiger charge is -2.04. The van der Waals surface area contributed by atoms with Crippen LogP contribution in [0.25, 0.3) is 10.9 Å². The van der Waals surface area contributed by atoms with Crippen molar-refractivity contribution >= 4 is 16.7 Å². The number of Topliss-reactive ketones (excluding diaryl/α,β-unsaturated/α-hetero) is 1. The third-order valence-corrected chi connectivity index (χ3v) is 3.05. The molecule has 1 heterocycles. The third-order valence-electron chi connectivity index (χ3n) is 3.05. The van der Waals surface area contributed by atoms with Gasteiger partial charge in [-0.3, -0.25) is 4.79 Å². The highest BCUT2D eigenvalue weighted by Gasteiger charge is 2.12. The largest absolute Gasteiger partial charge is 0.350 e. The van der Waals surface area contributed by atoms with Gasteiger partial charge in [0.2, 0.25) is 0 Å². The Hall–Kier alpha value is -1.57. The fourth-order valence-electron chi connectivity index (χ4n) is 2.08. The van der Waals surface area contributed by atoms with Crippen molar-refractivity contribution in [2.24, 2.45) is 7.05 Å². The van der Waals surface area contributed by atoms with Crippen LogP contribution in [-0.4, -0.2) is 10.4 Å². The van der Waals surface area contributed by atoms with E-state index in [1.54, 1.807) is 6.92 Å². The minimum atomic E-state index is 0.129. The lowest BCUT2D eigenvalue weighted by atomic mass is 10.0. The van der Waals surface area contributed by atoms with E-state index in [1.165, 1.54) is 16.6 Å². The van der Waals surface area contributed by atoms with Gasteiger partial charge >= 0.3 is 0 Å². The number of hydrogen-bond acceptors (Lipinski definition) is 1. The highest BCUT2D eigenvalue weighted by Crippen LogP contribution is 2.26. The minimum Gasteiger partial charge on any atom is -0.350 e. The second kappa shape index (κ2) is 3.23. The van der Waals surface area contributed by atoms with Crippen LogP contribution in [0.2, 0.25) is 0 Å². The van der Waals surface area contributed by atoms with Crippen molar-refractivity contribution in [2.45, 2.75) is 20.8 Å². The standard InChI is InChI=1S/C13H15NO/c1-8-5-6-11-12(10(3)15)7-14(4)13(11)9(8)2/h5-7H,1-4H3. The number of carbonyl (C=O) groups excluding carboxylic acids is 1. The second-order valence-electron chi connectivity index (χ2n) is 4.11. The first-order valence-corrected chi connectivity index (χ1v) is 5.08. The normalized spacial score (nSPS) is 10.9. The number of aromatic nitrogens is 1. The van der Waals surface area contributed by atoms with Crippen molar-refractivity contribution in [3.63, 3.8) is 0 Å². The minimum absolute atomic E-state index is 0.129. The molecule has 2 rings (SSSR count). The zero-order chi connectivity index (χ0) is 11.2. The lowest BCUT2D eigenvalue weighted by molar-refractivity contribution is 0.101. The van der Waals surface area contributed by atoms with Crippen LogP contribution in [0.1, 0.15) is 28.4 Å². The number of aryl methyl sites for hydroxylation is 3. The Morgan fingerprint density at radius 2 is 1.93 bits per heavy atom. The van der Waals surface area contributed by atoms with Gasteiger partial charge in [-0.25, -0.2) is 0 Å². The fraction of sp³-hybridized carbons (Fsp3) is 0.308. The van der Waals surface area contributed by atoms with E-state index in [9.17, 15) is 4.79 Å². The topological polar surface area (TPSA) is 22.0 Å². The van der Waals surface area contributed by atoms with Gasteiger partial charge in [-0.2, -0.15) is 0 Å². The Morgan fingerprint density at radius 1 is 1.27 bits per heavy atom. The molecule has 0 atom stereocenters. The second-order valence-corrected chi connectivity index (χ2v) is 4.11. The van der Waals surface area contributed by atoms with Crippen molar-refractivity contribution in [3.05, 3.63) is 35.0 Å². The Labute approximate surface area is 89.5 Å². The van der Waals surface area contributed by atoms with Crippen LogP contribution in [0, 0.1) is 13.8 Å². The van der Waals surface area contributed by atoms with Gasteiger partial charge in [0.05, 0.1) is 5.52 Å². The molecule has 2 nitrogen and oxygen atoms in total. The maximum absolute atomic E-state index is 11.5. The van der Waals surface area contributed by atoms with Gasteiger partial charge in [0.1, 0.15) is 0 Å². The van der Waals surface area contributed by atoms with Crippen LogP contribution in [0.4, 0.5) is 0 Å². The van der Waals surface area contributed by atoms with Crippen LogP contribution in [-0.2, 0) is 7.05 Å². The summed E-state index contributed by atoms with van der Waals surface area (Å²) < 4.78 is 2.04. The predicted molar refractivity (Wildman–Crippen MR) is 62.4 cm³/mol. The van der Waals surface area contributed by atoms with Crippen LogP contribution in [0.5, 0.6) is 0 Å². The maximum atomic E-state index is 11.5. The zero-order valence-corrected chi connectivity index (χ0v) is 9.59. The van der Waals surface area contributed by atoms with Gasteiger partial charge in [-0.15, -0.1) is 0 Å². The molecule has 0 unspecified atom stereocenters. The Bertz CT molecular complexity index is 549. The molecule has 0 radical (unpaired) electrons. The molecule has 0 aliphatic rings. The van der Waals surface area contributed by atoms with Gasteiger partial charge in [0, 0.05) is 24.2 Å². The molecule has 0 saturated carbocycles. The number of carbonyl (C=O) groups is 1. The molecule has 0 N–H and O–H groups in total. The molecule has 0 aliphatic carbocycles. The van der Waals surface area contributed by atoms with E-state index in [-0.39, 0.29) is 5.78 Å². The maximum Gasteiger partial charge on any atom is 0.161 e. The Kier molecular flexibility index (Phi) is 2.14. The molecular formula is C13H15NO. The molecule has 2 heteroatoms. The summed E-state index contributed by atoms with van der Waals surface area (Å²) in [6.07, 6.45) is 1.92. The van der Waals surface area contributed by atoms with E-state index < -0.39 is 0 Å². The fourth-order valence-corrected chi connectivity index (χ4v) is 2.08. The molecule has 1 aromatic heterocycles. The summed E-state index contributed by atoms with van der Waals surface area (Å²) in [5, 5.41) is 1.06. The van der Waals surface area contributed by atoms with E-state index >= 15 is 0 Å². The highest BCUT2D eigenvalue weighted by atomic mass is 16.1. The summed E-state index contributed by atoms with van der Waals surface area (Å²) in [7, 11) is 1.99. The molecule has 15 heavy (non-hydrogen) atoms. The zero-order valence-electron chi connectivity index (χ0n) is 9.59. The van der Waals surface area contributed by atoms with Crippen molar-refractivity contribution in [3.8, 4) is 0 Å². The quantitative estimate of drug-likeness (QED) is 0.650. The van der Waals surface area contributed by atoms with Crippen molar-refractivity contribution in [2.75, 3.05) is 0 Å². The molecule has 0 amide bonds. The first kappa shape index (κ1) is 9.97. The average molecular weight is 201 g/mol. The number of rotatable bonds is 1. The van der Waals surface area contributed by atoms with E-state index in [1.807, 2.05) is 23.9 Å².